The molecule has 3 aliphatic rings. The lowest BCUT2D eigenvalue weighted by Crippen LogP contribution is -2.54. The van der Waals surface area contributed by atoms with Gasteiger partial charge in [0.2, 0.25) is 17.7 Å². The van der Waals surface area contributed by atoms with Crippen LogP contribution < -0.4 is 16.0 Å². The predicted octanol–water partition coefficient (Wildman–Crippen LogP) is 4.18. The number of carbonyl (C=O) groups is 4. The lowest BCUT2D eigenvalue weighted by Gasteiger charge is -2.32. The molecule has 0 aromatic carbocycles. The van der Waals surface area contributed by atoms with E-state index in [0.29, 0.717) is 23.8 Å². The SMILES string of the molecule is C=CCCC(CC1CCC1)NC(=O)C1CCCN1C(=O)CNC(=O)C(NC(=O)c1cccs1)C1CCCCC1. The number of thiophene rings is 1. The smallest absolute Gasteiger partial charge is 0.262 e. The summed E-state index contributed by atoms with van der Waals surface area (Å²) in [5.41, 5.74) is 0. The van der Waals surface area contributed by atoms with Gasteiger partial charge in [-0.05, 0) is 68.2 Å². The van der Waals surface area contributed by atoms with Crippen LogP contribution in [-0.4, -0.2) is 59.7 Å². The molecule has 0 radical (unpaired) electrons. The van der Waals surface area contributed by atoms with Crippen LogP contribution in [0.3, 0.4) is 0 Å². The van der Waals surface area contributed by atoms with Crippen LogP contribution in [0.25, 0.3) is 0 Å². The van der Waals surface area contributed by atoms with Crippen LogP contribution >= 0.6 is 11.3 Å². The summed E-state index contributed by atoms with van der Waals surface area (Å²) in [6.45, 7) is 4.15. The maximum Gasteiger partial charge on any atom is 0.262 e. The van der Waals surface area contributed by atoms with Crippen molar-refractivity contribution < 1.29 is 19.2 Å². The van der Waals surface area contributed by atoms with Gasteiger partial charge in [0.1, 0.15) is 12.1 Å². The number of amides is 4. The van der Waals surface area contributed by atoms with Gasteiger partial charge < -0.3 is 20.9 Å². The van der Waals surface area contributed by atoms with Crippen molar-refractivity contribution in [3.63, 3.8) is 0 Å². The van der Waals surface area contributed by atoms with Crippen LogP contribution in [0.5, 0.6) is 0 Å². The van der Waals surface area contributed by atoms with Gasteiger partial charge in [-0.3, -0.25) is 19.2 Å². The highest BCUT2D eigenvalue weighted by molar-refractivity contribution is 7.12. The Balaban J connectivity index is 1.32. The highest BCUT2D eigenvalue weighted by atomic mass is 32.1. The van der Waals surface area contributed by atoms with Crippen molar-refractivity contribution in [1.82, 2.24) is 20.9 Å². The van der Waals surface area contributed by atoms with Crippen LogP contribution in [0.4, 0.5) is 0 Å². The van der Waals surface area contributed by atoms with Gasteiger partial charge in [0.05, 0.1) is 11.4 Å². The maximum atomic E-state index is 13.3. The Morgan fingerprint density at radius 3 is 2.49 bits per heavy atom. The zero-order chi connectivity index (χ0) is 27.6. The molecule has 8 nitrogen and oxygen atoms in total. The average Bonchev–Trinajstić information content (AvgIpc) is 3.64. The van der Waals surface area contributed by atoms with Gasteiger partial charge in [-0.1, -0.05) is 50.7 Å². The van der Waals surface area contributed by atoms with Crippen molar-refractivity contribution in [1.29, 1.82) is 0 Å². The zero-order valence-corrected chi connectivity index (χ0v) is 23.8. The lowest BCUT2D eigenvalue weighted by molar-refractivity contribution is -0.139. The van der Waals surface area contributed by atoms with Gasteiger partial charge in [-0.25, -0.2) is 0 Å². The van der Waals surface area contributed by atoms with E-state index in [1.54, 1.807) is 11.0 Å². The van der Waals surface area contributed by atoms with Crippen molar-refractivity contribution >= 4 is 35.0 Å². The molecule has 3 fully saturated rings. The molecule has 0 bridgehead atoms. The van der Waals surface area contributed by atoms with E-state index < -0.39 is 12.1 Å². The fourth-order valence-corrected chi connectivity index (χ4v) is 6.82. The van der Waals surface area contributed by atoms with E-state index in [0.717, 1.165) is 57.8 Å². The normalized spacial score (nSPS) is 21.4. The summed E-state index contributed by atoms with van der Waals surface area (Å²) >= 11 is 1.34. The third kappa shape index (κ3) is 8.16. The lowest BCUT2D eigenvalue weighted by atomic mass is 9.80. The van der Waals surface area contributed by atoms with E-state index in [2.05, 4.69) is 22.5 Å². The molecule has 1 aromatic heterocycles. The van der Waals surface area contributed by atoms with Crippen molar-refractivity contribution in [2.75, 3.05) is 13.1 Å². The van der Waals surface area contributed by atoms with Gasteiger partial charge >= 0.3 is 0 Å². The summed E-state index contributed by atoms with van der Waals surface area (Å²) in [5.74, 6) is -0.213. The second-order valence-electron chi connectivity index (χ2n) is 11.4. The number of nitrogens with zero attached hydrogens (tertiary/aromatic N) is 1. The minimum absolute atomic E-state index is 0.0474. The Morgan fingerprint density at radius 2 is 1.82 bits per heavy atom. The molecule has 9 heteroatoms. The van der Waals surface area contributed by atoms with Gasteiger partial charge in [0, 0.05) is 12.6 Å². The summed E-state index contributed by atoms with van der Waals surface area (Å²) in [5, 5.41) is 10.8. The Bertz CT molecular complexity index is 987. The molecule has 214 valence electrons. The van der Waals surface area contributed by atoms with Crippen molar-refractivity contribution in [2.24, 2.45) is 11.8 Å². The second kappa shape index (κ2) is 14.6. The summed E-state index contributed by atoms with van der Waals surface area (Å²) in [6.07, 6.45) is 14.6. The first-order valence-electron chi connectivity index (χ1n) is 14.8. The van der Waals surface area contributed by atoms with Gasteiger partial charge in [0.15, 0.2) is 0 Å². The number of allylic oxidation sites excluding steroid dienone is 1. The summed E-state index contributed by atoms with van der Waals surface area (Å²) in [7, 11) is 0. The highest BCUT2D eigenvalue weighted by Crippen LogP contribution is 2.31. The molecular formula is C30H44N4O4S. The van der Waals surface area contributed by atoms with Gasteiger partial charge in [-0.2, -0.15) is 0 Å². The summed E-state index contributed by atoms with van der Waals surface area (Å²) in [6, 6.07) is 2.47. The number of rotatable bonds is 13. The first-order valence-corrected chi connectivity index (χ1v) is 15.7. The number of nitrogens with one attached hydrogen (secondary N) is 3. The topological polar surface area (TPSA) is 108 Å². The third-order valence-corrected chi connectivity index (χ3v) is 9.50. The van der Waals surface area contributed by atoms with Crippen LogP contribution in [0.1, 0.15) is 93.1 Å². The summed E-state index contributed by atoms with van der Waals surface area (Å²) < 4.78 is 0. The molecule has 1 aliphatic heterocycles. The number of hydrogen-bond acceptors (Lipinski definition) is 5. The van der Waals surface area contributed by atoms with E-state index in [1.807, 2.05) is 17.5 Å². The van der Waals surface area contributed by atoms with Crippen LogP contribution in [-0.2, 0) is 14.4 Å². The molecule has 3 unspecified atom stereocenters. The molecule has 3 atom stereocenters. The number of hydrogen-bond donors (Lipinski definition) is 3. The standard InChI is InChI=1S/C30H44N4O4S/c1-2-3-14-23(19-21-10-7-11-21)32-28(36)24-15-8-17-34(24)26(35)20-31-30(38)27(22-12-5-4-6-13-22)33-29(37)25-16-9-18-39-25/h2,9,16,18,21-24,27H,1,3-8,10-15,17,19-20H2,(H,31,38)(H,32,36)(H,33,37). The molecule has 2 aliphatic carbocycles. The average molecular weight is 557 g/mol. The quantitative estimate of drug-likeness (QED) is 0.317. The maximum absolute atomic E-state index is 13.3. The largest absolute Gasteiger partial charge is 0.352 e. The Labute approximate surface area is 236 Å². The van der Waals surface area contributed by atoms with Crippen LogP contribution in [0, 0.1) is 11.8 Å². The molecule has 3 N–H and O–H groups in total. The van der Waals surface area contributed by atoms with Crippen LogP contribution in [0.2, 0.25) is 0 Å². The number of likely N-dealkylation sites (tertiary alicyclic amines) is 1. The minimum atomic E-state index is -0.678. The molecule has 2 saturated carbocycles. The Kier molecular flexibility index (Phi) is 11.0. The molecule has 39 heavy (non-hydrogen) atoms. The molecule has 4 amide bonds. The fourth-order valence-electron chi connectivity index (χ4n) is 6.19. The molecule has 1 saturated heterocycles. The van der Waals surface area contributed by atoms with E-state index in [9.17, 15) is 19.2 Å². The van der Waals surface area contributed by atoms with Gasteiger partial charge in [-0.15, -0.1) is 17.9 Å². The molecular weight excluding hydrogens is 512 g/mol. The van der Waals surface area contributed by atoms with E-state index in [4.69, 9.17) is 0 Å². The molecule has 4 rings (SSSR count). The van der Waals surface area contributed by atoms with Crippen LogP contribution in [0.15, 0.2) is 30.2 Å². The molecule has 0 spiro atoms. The molecule has 2 heterocycles. The second-order valence-corrected chi connectivity index (χ2v) is 12.3. The fraction of sp³-hybridized carbons (Fsp3) is 0.667. The van der Waals surface area contributed by atoms with Gasteiger partial charge in [0.25, 0.3) is 5.91 Å². The van der Waals surface area contributed by atoms with E-state index >= 15 is 0 Å². The third-order valence-electron chi connectivity index (χ3n) is 8.63. The molecule has 1 aromatic rings. The highest BCUT2D eigenvalue weighted by Gasteiger charge is 2.36. The first-order chi connectivity index (χ1) is 19.0. The van der Waals surface area contributed by atoms with Crippen molar-refractivity contribution in [2.45, 2.75) is 102 Å². The zero-order valence-electron chi connectivity index (χ0n) is 23.0. The Morgan fingerprint density at radius 1 is 1.03 bits per heavy atom. The number of carbonyl (C=O) groups excluding carboxylic acids is 4. The van der Waals surface area contributed by atoms with Crippen molar-refractivity contribution in [3.05, 3.63) is 35.0 Å². The first kappa shape index (κ1) is 29.3. The monoisotopic (exact) mass is 556 g/mol. The van der Waals surface area contributed by atoms with E-state index in [-0.39, 0.29) is 42.1 Å². The Hall–Kier alpha value is -2.68. The van der Waals surface area contributed by atoms with E-state index in [1.165, 1.54) is 30.6 Å². The predicted molar refractivity (Wildman–Crippen MR) is 153 cm³/mol. The van der Waals surface area contributed by atoms with Crippen molar-refractivity contribution in [3.8, 4) is 0 Å². The summed E-state index contributed by atoms with van der Waals surface area (Å²) in [4.78, 5) is 54.7. The minimum Gasteiger partial charge on any atom is -0.352 e.